The second-order valence-electron chi connectivity index (χ2n) is 3.41. The summed E-state index contributed by atoms with van der Waals surface area (Å²) >= 11 is 11.5. The van der Waals surface area contributed by atoms with Gasteiger partial charge in [-0.1, -0.05) is 23.2 Å². The van der Waals surface area contributed by atoms with E-state index in [0.29, 0.717) is 0 Å². The Morgan fingerprint density at radius 3 is 2.68 bits per heavy atom. The Hall–Kier alpha value is -1.92. The third-order valence-corrected chi connectivity index (χ3v) is 2.63. The Labute approximate surface area is 116 Å². The zero-order valence-corrected chi connectivity index (χ0v) is 10.7. The summed E-state index contributed by atoms with van der Waals surface area (Å²) < 4.78 is 18.7. The molecule has 2 rings (SSSR count). The van der Waals surface area contributed by atoms with Crippen molar-refractivity contribution in [3.8, 4) is 11.5 Å². The van der Waals surface area contributed by atoms with Gasteiger partial charge in [-0.15, -0.1) is 0 Å². The van der Waals surface area contributed by atoms with Crippen molar-refractivity contribution < 1.29 is 14.1 Å². The van der Waals surface area contributed by atoms with Gasteiger partial charge in [-0.05, 0) is 6.07 Å². The molecule has 2 aromatic rings. The summed E-state index contributed by atoms with van der Waals surface area (Å²) in [4.78, 5) is 13.4. The molecule has 0 aliphatic rings. The molecule has 0 amide bonds. The summed E-state index contributed by atoms with van der Waals surface area (Å²) in [6.45, 7) is 0. The molecule has 0 aliphatic heterocycles. The standard InChI is InChI=1S/C11H5Cl2FN2O3/c12-7-4-9(16(17)18)8(14)5-10(7)19-6-1-2-15-11(13)3-6/h1-5H. The quantitative estimate of drug-likeness (QED) is 0.483. The highest BCUT2D eigenvalue weighted by atomic mass is 35.5. The van der Waals surface area contributed by atoms with Crippen LogP contribution in [0.1, 0.15) is 0 Å². The molecule has 0 radical (unpaired) electrons. The topological polar surface area (TPSA) is 65.3 Å². The summed E-state index contributed by atoms with van der Waals surface area (Å²) in [5.41, 5.74) is -0.717. The van der Waals surface area contributed by atoms with Gasteiger partial charge in [-0.2, -0.15) is 4.39 Å². The second kappa shape index (κ2) is 5.38. The lowest BCUT2D eigenvalue weighted by Crippen LogP contribution is -1.94. The van der Waals surface area contributed by atoms with Crippen LogP contribution in [0.3, 0.4) is 0 Å². The third kappa shape index (κ3) is 3.10. The molecule has 5 nitrogen and oxygen atoms in total. The first kappa shape index (κ1) is 13.5. The predicted octanol–water partition coefficient (Wildman–Crippen LogP) is 4.23. The van der Waals surface area contributed by atoms with Crippen LogP contribution in [0.2, 0.25) is 10.2 Å². The van der Waals surface area contributed by atoms with E-state index in [4.69, 9.17) is 27.9 Å². The van der Waals surface area contributed by atoms with Gasteiger partial charge in [-0.25, -0.2) is 4.98 Å². The van der Waals surface area contributed by atoms with Gasteiger partial charge < -0.3 is 4.74 Å². The van der Waals surface area contributed by atoms with Gasteiger partial charge in [0.1, 0.15) is 16.7 Å². The van der Waals surface area contributed by atoms with Crippen molar-refractivity contribution in [2.75, 3.05) is 0 Å². The fourth-order valence-electron chi connectivity index (χ4n) is 1.31. The highest BCUT2D eigenvalue weighted by Gasteiger charge is 2.18. The van der Waals surface area contributed by atoms with E-state index >= 15 is 0 Å². The molecule has 19 heavy (non-hydrogen) atoms. The van der Waals surface area contributed by atoms with Gasteiger partial charge in [0.2, 0.25) is 5.82 Å². The van der Waals surface area contributed by atoms with Crippen LogP contribution in [0, 0.1) is 15.9 Å². The van der Waals surface area contributed by atoms with Crippen LogP contribution in [-0.2, 0) is 0 Å². The molecule has 0 aliphatic carbocycles. The normalized spacial score (nSPS) is 10.3. The van der Waals surface area contributed by atoms with Crippen molar-refractivity contribution in [3.63, 3.8) is 0 Å². The first-order chi connectivity index (χ1) is 8.97. The van der Waals surface area contributed by atoms with Crippen molar-refractivity contribution in [2.45, 2.75) is 0 Å². The molecule has 1 heterocycles. The predicted molar refractivity (Wildman–Crippen MR) is 67.4 cm³/mol. The van der Waals surface area contributed by atoms with Crippen LogP contribution in [0.25, 0.3) is 0 Å². The van der Waals surface area contributed by atoms with Crippen LogP contribution < -0.4 is 4.74 Å². The fourth-order valence-corrected chi connectivity index (χ4v) is 1.67. The zero-order chi connectivity index (χ0) is 14.0. The lowest BCUT2D eigenvalue weighted by atomic mass is 10.3. The van der Waals surface area contributed by atoms with E-state index in [1.54, 1.807) is 0 Å². The van der Waals surface area contributed by atoms with Gasteiger partial charge in [0.05, 0.1) is 9.95 Å². The maximum Gasteiger partial charge on any atom is 0.306 e. The van der Waals surface area contributed by atoms with Gasteiger partial charge in [0.25, 0.3) is 0 Å². The summed E-state index contributed by atoms with van der Waals surface area (Å²) in [7, 11) is 0. The van der Waals surface area contributed by atoms with E-state index in [0.717, 1.165) is 12.1 Å². The molecule has 1 aromatic heterocycles. The number of benzene rings is 1. The van der Waals surface area contributed by atoms with Crippen LogP contribution >= 0.6 is 23.2 Å². The fraction of sp³-hybridized carbons (Fsp3) is 0. The van der Waals surface area contributed by atoms with E-state index in [1.165, 1.54) is 18.3 Å². The lowest BCUT2D eigenvalue weighted by molar-refractivity contribution is -0.387. The summed E-state index contributed by atoms with van der Waals surface area (Å²) in [5, 5.41) is 10.6. The van der Waals surface area contributed by atoms with Crippen LogP contribution in [0.15, 0.2) is 30.5 Å². The van der Waals surface area contributed by atoms with Crippen molar-refractivity contribution in [1.29, 1.82) is 0 Å². The van der Waals surface area contributed by atoms with E-state index in [2.05, 4.69) is 4.98 Å². The number of nitro groups is 1. The Kier molecular flexibility index (Phi) is 3.82. The monoisotopic (exact) mass is 302 g/mol. The van der Waals surface area contributed by atoms with E-state index in [-0.39, 0.29) is 21.7 Å². The Bertz CT molecular complexity index is 652. The number of hydrogen-bond acceptors (Lipinski definition) is 4. The molecule has 0 saturated carbocycles. The molecule has 1 aromatic carbocycles. The molecular weight excluding hydrogens is 298 g/mol. The zero-order valence-electron chi connectivity index (χ0n) is 9.14. The second-order valence-corrected chi connectivity index (χ2v) is 4.20. The number of nitrogens with zero attached hydrogens (tertiary/aromatic N) is 2. The van der Waals surface area contributed by atoms with E-state index < -0.39 is 16.4 Å². The van der Waals surface area contributed by atoms with Crippen LogP contribution in [0.4, 0.5) is 10.1 Å². The molecule has 8 heteroatoms. The molecule has 0 saturated heterocycles. The smallest absolute Gasteiger partial charge is 0.306 e. The van der Waals surface area contributed by atoms with Crippen LogP contribution in [-0.4, -0.2) is 9.91 Å². The largest absolute Gasteiger partial charge is 0.456 e. The first-order valence-electron chi connectivity index (χ1n) is 4.90. The molecule has 0 atom stereocenters. The minimum absolute atomic E-state index is 0.0490. The van der Waals surface area contributed by atoms with E-state index in [9.17, 15) is 14.5 Å². The number of pyridine rings is 1. The van der Waals surface area contributed by atoms with Gasteiger partial charge in [-0.3, -0.25) is 10.1 Å². The first-order valence-corrected chi connectivity index (χ1v) is 5.66. The minimum atomic E-state index is -1.04. The highest BCUT2D eigenvalue weighted by molar-refractivity contribution is 6.32. The summed E-state index contributed by atoms with van der Waals surface area (Å²) in [6, 6.07) is 4.61. The molecule has 0 bridgehead atoms. The lowest BCUT2D eigenvalue weighted by Gasteiger charge is -2.07. The van der Waals surface area contributed by atoms with Crippen molar-refractivity contribution >= 4 is 28.9 Å². The van der Waals surface area contributed by atoms with Gasteiger partial charge >= 0.3 is 5.69 Å². The van der Waals surface area contributed by atoms with E-state index in [1.807, 2.05) is 0 Å². The number of nitro benzene ring substituents is 1. The average molecular weight is 303 g/mol. The number of rotatable bonds is 3. The number of ether oxygens (including phenoxy) is 1. The molecule has 0 N–H and O–H groups in total. The third-order valence-electron chi connectivity index (χ3n) is 2.12. The number of halogens is 3. The molecular formula is C11H5Cl2FN2O3. The molecule has 0 unspecified atom stereocenters. The SMILES string of the molecule is O=[N+]([O-])c1cc(Cl)c(Oc2ccnc(Cl)c2)cc1F. The highest BCUT2D eigenvalue weighted by Crippen LogP contribution is 2.34. The Morgan fingerprint density at radius 1 is 1.32 bits per heavy atom. The van der Waals surface area contributed by atoms with Gasteiger partial charge in [0.15, 0.2) is 0 Å². The Balaban J connectivity index is 2.36. The number of aromatic nitrogens is 1. The average Bonchev–Trinajstić information content (AvgIpc) is 2.33. The minimum Gasteiger partial charge on any atom is -0.456 e. The summed E-state index contributed by atoms with van der Waals surface area (Å²) in [6.07, 6.45) is 1.40. The molecule has 0 spiro atoms. The molecule has 0 fully saturated rings. The van der Waals surface area contributed by atoms with Crippen molar-refractivity contribution in [1.82, 2.24) is 4.98 Å². The summed E-state index contributed by atoms with van der Waals surface area (Å²) in [5.74, 6) is -0.799. The molecule has 98 valence electrons. The maximum atomic E-state index is 13.4. The van der Waals surface area contributed by atoms with Crippen molar-refractivity contribution in [2.24, 2.45) is 0 Å². The van der Waals surface area contributed by atoms with Gasteiger partial charge in [0, 0.05) is 24.4 Å². The Morgan fingerprint density at radius 2 is 2.05 bits per heavy atom. The van der Waals surface area contributed by atoms with Crippen LogP contribution in [0.5, 0.6) is 11.5 Å². The van der Waals surface area contributed by atoms with Crippen molar-refractivity contribution in [3.05, 3.63) is 56.6 Å². The maximum absolute atomic E-state index is 13.4. The number of hydrogen-bond donors (Lipinski definition) is 0.